The van der Waals surface area contributed by atoms with E-state index in [1.807, 2.05) is 60.7 Å². The molecular formula is C36H52N2O4+2. The van der Waals surface area contributed by atoms with Gasteiger partial charge in [0.05, 0.1) is 77.4 Å². The van der Waals surface area contributed by atoms with Gasteiger partial charge in [-0.2, -0.15) is 0 Å². The number of benzene rings is 2. The van der Waals surface area contributed by atoms with E-state index >= 15 is 0 Å². The smallest absolute Gasteiger partial charge is 0.310 e. The van der Waals surface area contributed by atoms with E-state index in [-0.39, 0.29) is 23.8 Å². The van der Waals surface area contributed by atoms with Gasteiger partial charge >= 0.3 is 11.9 Å². The summed E-state index contributed by atoms with van der Waals surface area (Å²) in [4.78, 5) is 27.6. The van der Waals surface area contributed by atoms with Gasteiger partial charge < -0.3 is 18.4 Å². The highest BCUT2D eigenvalue weighted by atomic mass is 16.5. The number of hydrogen-bond acceptors (Lipinski definition) is 4. The van der Waals surface area contributed by atoms with Crippen molar-refractivity contribution < 1.29 is 28.0 Å². The number of carbonyl (C=O) groups is 2. The minimum atomic E-state index is -0.410. The van der Waals surface area contributed by atoms with Crippen molar-refractivity contribution in [3.8, 4) is 0 Å². The molecule has 0 amide bonds. The van der Waals surface area contributed by atoms with Crippen LogP contribution in [0.15, 0.2) is 60.7 Å². The van der Waals surface area contributed by atoms with Crippen LogP contribution in [0.4, 0.5) is 0 Å². The lowest BCUT2D eigenvalue weighted by molar-refractivity contribution is -0.915. The van der Waals surface area contributed by atoms with Crippen molar-refractivity contribution in [1.82, 2.24) is 0 Å². The normalized spacial score (nSPS) is 26.0. The molecule has 2 aliphatic heterocycles. The molecule has 42 heavy (non-hydrogen) atoms. The van der Waals surface area contributed by atoms with Gasteiger partial charge in [0.15, 0.2) is 0 Å². The minimum absolute atomic E-state index is 0.186. The maximum absolute atomic E-state index is 13.8. The highest BCUT2D eigenvalue weighted by Crippen LogP contribution is 2.58. The van der Waals surface area contributed by atoms with Crippen LogP contribution in [-0.2, 0) is 19.1 Å². The second-order valence-corrected chi connectivity index (χ2v) is 13.0. The van der Waals surface area contributed by atoms with E-state index < -0.39 is 11.8 Å². The lowest BCUT2D eigenvalue weighted by Crippen LogP contribution is -2.52. The third kappa shape index (κ3) is 6.75. The SMILES string of the molecule is CC[N+]1(CCCOC(=O)C2C(c3ccccc3)C(C(=O)OCCC[N+]3(CC)CCCC3)C2c2ccccc2)CCCC1. The summed E-state index contributed by atoms with van der Waals surface area (Å²) in [5.41, 5.74) is 2.02. The Morgan fingerprint density at radius 3 is 1.31 bits per heavy atom. The Bertz CT molecular complexity index is 1040. The summed E-state index contributed by atoms with van der Waals surface area (Å²) in [6, 6.07) is 20.1. The Kier molecular flexibility index (Phi) is 10.4. The Morgan fingerprint density at radius 2 is 0.976 bits per heavy atom. The predicted molar refractivity (Wildman–Crippen MR) is 166 cm³/mol. The summed E-state index contributed by atoms with van der Waals surface area (Å²) < 4.78 is 14.3. The first-order valence-electron chi connectivity index (χ1n) is 16.6. The quantitative estimate of drug-likeness (QED) is 0.159. The summed E-state index contributed by atoms with van der Waals surface area (Å²) in [5, 5.41) is 0. The summed E-state index contributed by atoms with van der Waals surface area (Å²) in [5.74, 6) is -1.70. The Balaban J connectivity index is 1.28. The molecule has 0 spiro atoms. The van der Waals surface area contributed by atoms with Crippen molar-refractivity contribution in [2.75, 3.05) is 65.6 Å². The number of esters is 2. The van der Waals surface area contributed by atoms with Crippen LogP contribution in [0.25, 0.3) is 0 Å². The Labute approximate surface area is 253 Å². The molecule has 6 nitrogen and oxygen atoms in total. The number of quaternary nitrogens is 2. The molecule has 6 heteroatoms. The van der Waals surface area contributed by atoms with Gasteiger partial charge in [-0.05, 0) is 25.0 Å². The minimum Gasteiger partial charge on any atom is -0.465 e. The first kappa shape index (κ1) is 30.7. The topological polar surface area (TPSA) is 52.6 Å². The first-order chi connectivity index (χ1) is 20.5. The first-order valence-corrected chi connectivity index (χ1v) is 16.6. The largest absolute Gasteiger partial charge is 0.465 e. The average molecular weight is 577 g/mol. The second-order valence-electron chi connectivity index (χ2n) is 13.0. The fourth-order valence-electron chi connectivity index (χ4n) is 8.26. The van der Waals surface area contributed by atoms with Crippen molar-refractivity contribution in [2.24, 2.45) is 11.8 Å². The van der Waals surface area contributed by atoms with Crippen LogP contribution in [0, 0.1) is 11.8 Å². The molecule has 2 saturated heterocycles. The van der Waals surface area contributed by atoms with E-state index in [0.717, 1.165) is 59.1 Å². The van der Waals surface area contributed by atoms with E-state index in [9.17, 15) is 9.59 Å². The monoisotopic (exact) mass is 576 g/mol. The number of rotatable bonds is 14. The number of hydrogen-bond donors (Lipinski definition) is 0. The Hall–Kier alpha value is -2.70. The standard InChI is InChI=1S/C36H52N2O4/c1-3-37(21-11-12-22-37)25-15-27-41-35(39)33-31(29-17-7-5-8-18-29)34(32(33)30-19-9-6-10-20-30)36(40)42-28-16-26-38(4-2)23-13-14-24-38/h5-10,17-20,31-34H,3-4,11-16,21-28H2,1-2H3/q+2. The van der Waals surface area contributed by atoms with Crippen molar-refractivity contribution >= 4 is 11.9 Å². The van der Waals surface area contributed by atoms with E-state index in [4.69, 9.17) is 9.47 Å². The van der Waals surface area contributed by atoms with Crippen molar-refractivity contribution in [2.45, 2.75) is 64.2 Å². The van der Waals surface area contributed by atoms with Gasteiger partial charge in [0.2, 0.25) is 0 Å². The summed E-state index contributed by atoms with van der Waals surface area (Å²) in [6.45, 7) is 14.8. The van der Waals surface area contributed by atoms with Crippen LogP contribution < -0.4 is 0 Å². The van der Waals surface area contributed by atoms with Crippen molar-refractivity contribution in [3.05, 3.63) is 71.8 Å². The molecule has 0 N–H and O–H groups in total. The molecule has 0 bridgehead atoms. The maximum Gasteiger partial charge on any atom is 0.310 e. The molecule has 2 aromatic carbocycles. The summed E-state index contributed by atoms with van der Waals surface area (Å²) in [7, 11) is 0. The number of likely N-dealkylation sites (tertiary alicyclic amines) is 2. The van der Waals surface area contributed by atoms with Crippen LogP contribution in [0.1, 0.15) is 75.3 Å². The lowest BCUT2D eigenvalue weighted by atomic mass is 9.52. The van der Waals surface area contributed by atoms with Crippen LogP contribution in [0.2, 0.25) is 0 Å². The third-order valence-electron chi connectivity index (χ3n) is 10.9. The van der Waals surface area contributed by atoms with Crippen LogP contribution in [0.5, 0.6) is 0 Å². The van der Waals surface area contributed by atoms with Gasteiger partial charge in [0, 0.05) is 50.4 Å². The molecular weight excluding hydrogens is 524 g/mol. The average Bonchev–Trinajstić information content (AvgIpc) is 3.69. The second kappa shape index (κ2) is 14.2. The van der Waals surface area contributed by atoms with Crippen LogP contribution >= 0.6 is 0 Å². The lowest BCUT2D eigenvalue weighted by Gasteiger charge is -2.49. The maximum atomic E-state index is 13.8. The fraction of sp³-hybridized carbons (Fsp3) is 0.611. The molecule has 0 atom stereocenters. The van der Waals surface area contributed by atoms with Gasteiger partial charge in [-0.25, -0.2) is 0 Å². The highest BCUT2D eigenvalue weighted by molar-refractivity contribution is 5.85. The molecule has 1 saturated carbocycles. The molecule has 0 unspecified atom stereocenters. The number of carbonyl (C=O) groups excluding carboxylic acids is 2. The van der Waals surface area contributed by atoms with Crippen LogP contribution in [0.3, 0.4) is 0 Å². The Morgan fingerprint density at radius 1 is 0.619 bits per heavy atom. The zero-order valence-corrected chi connectivity index (χ0v) is 25.9. The summed E-state index contributed by atoms with van der Waals surface area (Å²) >= 11 is 0. The number of ether oxygens (including phenoxy) is 2. The van der Waals surface area contributed by atoms with E-state index in [1.165, 1.54) is 51.9 Å². The van der Waals surface area contributed by atoms with E-state index in [2.05, 4.69) is 13.8 Å². The van der Waals surface area contributed by atoms with Gasteiger partial charge in [-0.15, -0.1) is 0 Å². The molecule has 3 fully saturated rings. The van der Waals surface area contributed by atoms with E-state index in [0.29, 0.717) is 13.2 Å². The van der Waals surface area contributed by atoms with Gasteiger partial charge in [-0.1, -0.05) is 60.7 Å². The summed E-state index contributed by atoms with van der Waals surface area (Å²) in [6.07, 6.45) is 6.93. The molecule has 0 aromatic heterocycles. The molecule has 1 aliphatic carbocycles. The van der Waals surface area contributed by atoms with Crippen molar-refractivity contribution in [1.29, 1.82) is 0 Å². The zero-order chi connectivity index (χ0) is 29.4. The van der Waals surface area contributed by atoms with Crippen LogP contribution in [-0.4, -0.2) is 86.5 Å². The molecule has 5 rings (SSSR count). The molecule has 228 valence electrons. The molecule has 3 aliphatic rings. The number of nitrogens with zero attached hydrogens (tertiary/aromatic N) is 2. The molecule has 0 radical (unpaired) electrons. The zero-order valence-electron chi connectivity index (χ0n) is 25.9. The van der Waals surface area contributed by atoms with Gasteiger partial charge in [-0.3, -0.25) is 9.59 Å². The van der Waals surface area contributed by atoms with E-state index in [1.54, 1.807) is 0 Å². The molecule has 2 aromatic rings. The fourth-order valence-corrected chi connectivity index (χ4v) is 8.26. The predicted octanol–water partition coefficient (Wildman–Crippen LogP) is 5.93. The molecule has 2 heterocycles. The van der Waals surface area contributed by atoms with Gasteiger partial charge in [0.25, 0.3) is 0 Å². The van der Waals surface area contributed by atoms with Crippen molar-refractivity contribution in [3.63, 3.8) is 0 Å². The van der Waals surface area contributed by atoms with Gasteiger partial charge in [0.1, 0.15) is 0 Å². The third-order valence-corrected chi connectivity index (χ3v) is 10.9. The highest BCUT2D eigenvalue weighted by Gasteiger charge is 2.59.